The van der Waals surface area contributed by atoms with Crippen LogP contribution in [0.4, 0.5) is 0 Å². The first-order chi connectivity index (χ1) is 11.0. The van der Waals surface area contributed by atoms with Gasteiger partial charge in [0.1, 0.15) is 0 Å². The summed E-state index contributed by atoms with van der Waals surface area (Å²) >= 11 is 0. The second-order valence-corrected chi connectivity index (χ2v) is 6.14. The fourth-order valence-electron chi connectivity index (χ4n) is 2.59. The number of hydrogen-bond acceptors (Lipinski definition) is 2. The summed E-state index contributed by atoms with van der Waals surface area (Å²) in [7, 11) is 0. The minimum absolute atomic E-state index is 0.00669. The van der Waals surface area contributed by atoms with E-state index in [4.69, 9.17) is 0 Å². The Bertz CT molecular complexity index is 660. The first-order valence-electron chi connectivity index (χ1n) is 7.91. The molecule has 2 aromatic carbocycles. The summed E-state index contributed by atoms with van der Waals surface area (Å²) in [6.45, 7) is 5.38. The van der Waals surface area contributed by atoms with Crippen LogP contribution in [-0.2, 0) is 16.0 Å². The Morgan fingerprint density at radius 1 is 0.913 bits per heavy atom. The van der Waals surface area contributed by atoms with Crippen LogP contribution in [0, 0.1) is 5.92 Å². The van der Waals surface area contributed by atoms with Gasteiger partial charge in [0.2, 0.25) is 5.91 Å². The van der Waals surface area contributed by atoms with Gasteiger partial charge in [-0.1, -0.05) is 68.4 Å². The van der Waals surface area contributed by atoms with E-state index in [9.17, 15) is 9.59 Å². The van der Waals surface area contributed by atoms with Crippen molar-refractivity contribution in [2.45, 2.75) is 33.2 Å². The molecule has 0 radical (unpaired) electrons. The Balaban J connectivity index is 2.01. The first kappa shape index (κ1) is 16.9. The fraction of sp³-hybridized carbons (Fsp3) is 0.300. The molecular weight excluding hydrogens is 286 g/mol. The van der Waals surface area contributed by atoms with E-state index < -0.39 is 6.04 Å². The van der Waals surface area contributed by atoms with E-state index in [1.54, 1.807) is 0 Å². The molecule has 0 fully saturated rings. The van der Waals surface area contributed by atoms with Crippen LogP contribution in [0.2, 0.25) is 0 Å². The third kappa shape index (κ3) is 4.78. The minimum Gasteiger partial charge on any atom is -0.346 e. The Morgan fingerprint density at radius 3 is 2.00 bits per heavy atom. The van der Waals surface area contributed by atoms with Crippen molar-refractivity contribution in [3.8, 4) is 11.1 Å². The number of ketones is 1. The number of carbonyl (C=O) groups is 2. The lowest BCUT2D eigenvalue weighted by Crippen LogP contribution is -2.43. The topological polar surface area (TPSA) is 46.2 Å². The van der Waals surface area contributed by atoms with Crippen molar-refractivity contribution in [2.75, 3.05) is 0 Å². The molecule has 1 atom stereocenters. The van der Waals surface area contributed by atoms with E-state index in [0.29, 0.717) is 0 Å². The van der Waals surface area contributed by atoms with Gasteiger partial charge < -0.3 is 5.32 Å². The van der Waals surface area contributed by atoms with Crippen LogP contribution < -0.4 is 5.32 Å². The summed E-state index contributed by atoms with van der Waals surface area (Å²) in [5.41, 5.74) is 3.21. The summed E-state index contributed by atoms with van der Waals surface area (Å²) in [6, 6.07) is 17.7. The quantitative estimate of drug-likeness (QED) is 0.885. The van der Waals surface area contributed by atoms with Crippen LogP contribution in [0.1, 0.15) is 26.3 Å². The highest BCUT2D eigenvalue weighted by Gasteiger charge is 2.20. The molecule has 0 spiro atoms. The molecule has 0 saturated carbocycles. The summed E-state index contributed by atoms with van der Waals surface area (Å²) in [5, 5.41) is 2.82. The molecule has 0 aliphatic carbocycles. The monoisotopic (exact) mass is 309 g/mol. The summed E-state index contributed by atoms with van der Waals surface area (Å²) in [4.78, 5) is 23.7. The average molecular weight is 309 g/mol. The highest BCUT2D eigenvalue weighted by atomic mass is 16.2. The minimum atomic E-state index is -0.411. The Morgan fingerprint density at radius 2 is 1.48 bits per heavy atom. The largest absolute Gasteiger partial charge is 0.346 e. The zero-order valence-corrected chi connectivity index (χ0v) is 13.9. The molecule has 120 valence electrons. The number of benzene rings is 2. The van der Waals surface area contributed by atoms with Crippen LogP contribution in [0.5, 0.6) is 0 Å². The van der Waals surface area contributed by atoms with Gasteiger partial charge in [0.25, 0.3) is 0 Å². The summed E-state index contributed by atoms with van der Waals surface area (Å²) < 4.78 is 0. The molecule has 2 aromatic rings. The molecule has 2 rings (SSSR count). The number of hydrogen-bond donors (Lipinski definition) is 1. The normalized spacial score (nSPS) is 12.0. The van der Waals surface area contributed by atoms with Crippen LogP contribution in [0.25, 0.3) is 11.1 Å². The van der Waals surface area contributed by atoms with Crippen molar-refractivity contribution in [1.29, 1.82) is 0 Å². The predicted octanol–water partition coefficient (Wildman–Crippen LogP) is 3.63. The lowest BCUT2D eigenvalue weighted by molar-refractivity contribution is -0.127. The molecule has 3 nitrogen and oxygen atoms in total. The van der Waals surface area contributed by atoms with Gasteiger partial charge in [-0.05, 0) is 29.5 Å². The van der Waals surface area contributed by atoms with E-state index in [1.165, 1.54) is 6.92 Å². The maximum atomic E-state index is 12.1. The molecule has 23 heavy (non-hydrogen) atoms. The molecule has 0 aliphatic heterocycles. The molecule has 1 amide bonds. The van der Waals surface area contributed by atoms with Crippen molar-refractivity contribution in [1.82, 2.24) is 5.32 Å². The highest BCUT2D eigenvalue weighted by molar-refractivity contribution is 5.88. The van der Waals surface area contributed by atoms with Crippen LogP contribution in [-0.4, -0.2) is 17.7 Å². The van der Waals surface area contributed by atoms with Gasteiger partial charge >= 0.3 is 0 Å². The first-order valence-corrected chi connectivity index (χ1v) is 7.91. The molecule has 1 N–H and O–H groups in total. The van der Waals surface area contributed by atoms with Crippen molar-refractivity contribution >= 4 is 11.7 Å². The van der Waals surface area contributed by atoms with Crippen molar-refractivity contribution < 1.29 is 9.59 Å². The Kier molecular flexibility index (Phi) is 5.69. The van der Waals surface area contributed by atoms with Gasteiger partial charge in [-0.25, -0.2) is 0 Å². The Labute approximate surface area is 137 Å². The lowest BCUT2D eigenvalue weighted by atomic mass is 9.99. The van der Waals surface area contributed by atoms with Gasteiger partial charge in [-0.3, -0.25) is 9.59 Å². The molecule has 0 aromatic heterocycles. The van der Waals surface area contributed by atoms with Crippen molar-refractivity contribution in [3.05, 3.63) is 60.2 Å². The van der Waals surface area contributed by atoms with E-state index in [0.717, 1.165) is 16.7 Å². The fourth-order valence-corrected chi connectivity index (χ4v) is 2.59. The van der Waals surface area contributed by atoms with E-state index >= 15 is 0 Å². The van der Waals surface area contributed by atoms with Gasteiger partial charge in [0, 0.05) is 0 Å². The van der Waals surface area contributed by atoms with Gasteiger partial charge in [-0.15, -0.1) is 0 Å². The second-order valence-electron chi connectivity index (χ2n) is 6.14. The van der Waals surface area contributed by atoms with Crippen LogP contribution in [0.3, 0.4) is 0 Å². The standard InChI is InChI=1S/C20H23NO2/c1-14(2)20(15(3)22)21-19(23)13-16-9-11-18(12-10-16)17-7-5-4-6-8-17/h4-12,14,20H,13H2,1-3H3,(H,21,23)/t20-/m1/s1. The zero-order valence-electron chi connectivity index (χ0n) is 13.9. The second kappa shape index (κ2) is 7.73. The SMILES string of the molecule is CC(=O)[C@H](NC(=O)Cc1ccc(-c2ccccc2)cc1)C(C)C. The van der Waals surface area contributed by atoms with E-state index in [2.05, 4.69) is 17.4 Å². The number of Topliss-reactive ketones (excluding diaryl/α,β-unsaturated/α-hetero) is 1. The maximum absolute atomic E-state index is 12.1. The molecular formula is C20H23NO2. The number of rotatable bonds is 6. The van der Waals surface area contributed by atoms with Crippen molar-refractivity contribution in [2.24, 2.45) is 5.92 Å². The molecule has 0 heterocycles. The molecule has 0 unspecified atom stereocenters. The van der Waals surface area contributed by atoms with Crippen LogP contribution >= 0.6 is 0 Å². The predicted molar refractivity (Wildman–Crippen MR) is 93.0 cm³/mol. The summed E-state index contributed by atoms with van der Waals surface area (Å²) in [6.07, 6.45) is 0.283. The number of nitrogens with one attached hydrogen (secondary N) is 1. The lowest BCUT2D eigenvalue weighted by Gasteiger charge is -2.19. The van der Waals surface area contributed by atoms with Crippen molar-refractivity contribution in [3.63, 3.8) is 0 Å². The average Bonchev–Trinajstić information content (AvgIpc) is 2.53. The molecule has 0 bridgehead atoms. The number of carbonyl (C=O) groups excluding carboxylic acids is 2. The number of amides is 1. The van der Waals surface area contributed by atoms with Gasteiger partial charge in [0.05, 0.1) is 12.5 Å². The molecule has 0 saturated heterocycles. The third-order valence-corrected chi connectivity index (χ3v) is 3.85. The van der Waals surface area contributed by atoms with E-state index in [-0.39, 0.29) is 24.0 Å². The highest BCUT2D eigenvalue weighted by Crippen LogP contribution is 2.19. The smallest absolute Gasteiger partial charge is 0.225 e. The van der Waals surface area contributed by atoms with Gasteiger partial charge in [0.15, 0.2) is 5.78 Å². The van der Waals surface area contributed by atoms with E-state index in [1.807, 2.05) is 56.3 Å². The Hall–Kier alpha value is -2.42. The zero-order chi connectivity index (χ0) is 16.8. The maximum Gasteiger partial charge on any atom is 0.225 e. The van der Waals surface area contributed by atoms with Crippen LogP contribution in [0.15, 0.2) is 54.6 Å². The van der Waals surface area contributed by atoms with Gasteiger partial charge in [-0.2, -0.15) is 0 Å². The summed E-state index contributed by atoms with van der Waals surface area (Å²) in [5.74, 6) is -0.0314. The molecule has 0 aliphatic rings. The third-order valence-electron chi connectivity index (χ3n) is 3.85. The molecule has 3 heteroatoms.